The first-order valence-corrected chi connectivity index (χ1v) is 9.51. The van der Waals surface area contributed by atoms with E-state index >= 15 is 0 Å². The molecule has 1 aliphatic rings. The van der Waals surface area contributed by atoms with Crippen LogP contribution >= 0.6 is 0 Å². The standard InChI is InChI=1S/C24H24N4/c1-17-14-23(28-13-12-25-16-28)10-11-24(17)27-19(3)26-18(2)21-9-8-20-6-4-5-7-22(20)15-21/h6-16H,2,4-5H2,1,3H3,(H,26,27). The minimum Gasteiger partial charge on any atom is -0.344 e. The lowest BCUT2D eigenvalue weighted by Gasteiger charge is -2.12. The lowest BCUT2D eigenvalue weighted by atomic mass is 10.0. The predicted molar refractivity (Wildman–Crippen MR) is 117 cm³/mol. The van der Waals surface area contributed by atoms with Crippen LogP contribution in [0.3, 0.4) is 0 Å². The molecule has 0 atom stereocenters. The second kappa shape index (κ2) is 7.69. The van der Waals surface area contributed by atoms with E-state index in [9.17, 15) is 0 Å². The summed E-state index contributed by atoms with van der Waals surface area (Å²) >= 11 is 0. The molecule has 4 nitrogen and oxygen atoms in total. The zero-order chi connectivity index (χ0) is 19.5. The van der Waals surface area contributed by atoms with Crippen molar-refractivity contribution < 1.29 is 0 Å². The highest BCUT2D eigenvalue weighted by atomic mass is 15.0. The molecule has 0 aliphatic heterocycles. The zero-order valence-corrected chi connectivity index (χ0v) is 16.3. The molecule has 0 saturated heterocycles. The van der Waals surface area contributed by atoms with E-state index in [2.05, 4.69) is 60.2 Å². The number of aliphatic imine (C=N–C) groups is 1. The maximum atomic E-state index is 4.74. The van der Waals surface area contributed by atoms with Crippen molar-refractivity contribution in [3.63, 3.8) is 0 Å². The summed E-state index contributed by atoms with van der Waals surface area (Å²) in [6.45, 7) is 8.23. The molecule has 0 saturated carbocycles. The second-order valence-corrected chi connectivity index (χ2v) is 7.07. The molecule has 1 N–H and O–H groups in total. The Hall–Kier alpha value is -3.40. The number of aromatic nitrogens is 2. The number of rotatable bonds is 4. The van der Waals surface area contributed by atoms with Crippen LogP contribution in [-0.4, -0.2) is 15.4 Å². The van der Waals surface area contributed by atoms with E-state index in [1.165, 1.54) is 10.4 Å². The third-order valence-electron chi connectivity index (χ3n) is 4.93. The number of benzene rings is 2. The van der Waals surface area contributed by atoms with E-state index in [1.54, 1.807) is 12.5 Å². The molecule has 0 bridgehead atoms. The Labute approximate surface area is 165 Å². The van der Waals surface area contributed by atoms with Crippen molar-refractivity contribution in [2.75, 3.05) is 0 Å². The van der Waals surface area contributed by atoms with Gasteiger partial charge in [0.2, 0.25) is 0 Å². The van der Waals surface area contributed by atoms with Gasteiger partial charge in [0.25, 0.3) is 0 Å². The van der Waals surface area contributed by atoms with Crippen molar-refractivity contribution in [1.29, 1.82) is 0 Å². The van der Waals surface area contributed by atoms with E-state index in [0.29, 0.717) is 0 Å². The van der Waals surface area contributed by atoms with Gasteiger partial charge in [-0.3, -0.25) is 0 Å². The Morgan fingerprint density at radius 1 is 1.11 bits per heavy atom. The molecule has 4 heteroatoms. The topological polar surface area (TPSA) is 42.2 Å². The molecule has 28 heavy (non-hydrogen) atoms. The third kappa shape index (κ3) is 3.81. The van der Waals surface area contributed by atoms with Gasteiger partial charge in [-0.2, -0.15) is 0 Å². The van der Waals surface area contributed by atoms with Crippen LogP contribution < -0.4 is 15.8 Å². The maximum absolute atomic E-state index is 4.74. The van der Waals surface area contributed by atoms with Gasteiger partial charge in [0.1, 0.15) is 5.84 Å². The van der Waals surface area contributed by atoms with Gasteiger partial charge in [-0.15, -0.1) is 0 Å². The minimum atomic E-state index is 0.816. The van der Waals surface area contributed by atoms with Crippen LogP contribution in [0, 0.1) is 6.92 Å². The number of nitrogens with zero attached hydrogens (tertiary/aromatic N) is 3. The maximum Gasteiger partial charge on any atom is 0.103 e. The highest BCUT2D eigenvalue weighted by Crippen LogP contribution is 2.22. The van der Waals surface area contributed by atoms with E-state index in [-0.39, 0.29) is 0 Å². The van der Waals surface area contributed by atoms with Gasteiger partial charge in [-0.25, -0.2) is 9.98 Å². The number of aryl methyl sites for hydroxylation is 1. The molecule has 2 aromatic carbocycles. The molecule has 0 fully saturated rings. The Morgan fingerprint density at radius 2 is 1.93 bits per heavy atom. The molecule has 0 amide bonds. The Kier molecular flexibility index (Phi) is 4.94. The molecule has 0 radical (unpaired) electrons. The van der Waals surface area contributed by atoms with Crippen molar-refractivity contribution in [1.82, 2.24) is 14.9 Å². The third-order valence-corrected chi connectivity index (χ3v) is 4.93. The van der Waals surface area contributed by atoms with Gasteiger partial charge in [-0.1, -0.05) is 30.9 Å². The fourth-order valence-electron chi connectivity index (χ4n) is 3.44. The van der Waals surface area contributed by atoms with E-state index in [1.807, 2.05) is 29.8 Å². The second-order valence-electron chi connectivity index (χ2n) is 7.07. The smallest absolute Gasteiger partial charge is 0.103 e. The summed E-state index contributed by atoms with van der Waals surface area (Å²) in [4.78, 5) is 8.84. The van der Waals surface area contributed by atoms with Crippen molar-refractivity contribution in [2.24, 2.45) is 4.99 Å². The SMILES string of the molecule is C=C(NC(C)=Nc1ccc(-n2ccnc2)cc1C)c1ccc2c(c1)=CCCC=2. The molecular weight excluding hydrogens is 344 g/mol. The summed E-state index contributed by atoms with van der Waals surface area (Å²) in [5, 5.41) is 5.93. The Balaban J connectivity index is 1.52. The highest BCUT2D eigenvalue weighted by Gasteiger charge is 2.04. The van der Waals surface area contributed by atoms with Crippen LogP contribution in [0.25, 0.3) is 23.5 Å². The quantitative estimate of drug-likeness (QED) is 0.561. The highest BCUT2D eigenvalue weighted by molar-refractivity contribution is 5.90. The van der Waals surface area contributed by atoms with Gasteiger partial charge < -0.3 is 9.88 Å². The zero-order valence-electron chi connectivity index (χ0n) is 16.3. The van der Waals surface area contributed by atoms with Crippen LogP contribution in [-0.2, 0) is 0 Å². The monoisotopic (exact) mass is 368 g/mol. The fraction of sp³-hybridized carbons (Fsp3) is 0.167. The molecule has 1 aliphatic carbocycles. The molecule has 4 rings (SSSR count). The molecule has 140 valence electrons. The van der Waals surface area contributed by atoms with Crippen LogP contribution in [0.2, 0.25) is 0 Å². The van der Waals surface area contributed by atoms with Crippen LogP contribution in [0.4, 0.5) is 5.69 Å². The van der Waals surface area contributed by atoms with E-state index < -0.39 is 0 Å². The molecular formula is C24H24N4. The summed E-state index contributed by atoms with van der Waals surface area (Å²) in [7, 11) is 0. The van der Waals surface area contributed by atoms with Crippen molar-refractivity contribution in [2.45, 2.75) is 26.7 Å². The number of amidine groups is 1. The van der Waals surface area contributed by atoms with E-state index in [4.69, 9.17) is 4.99 Å². The summed E-state index contributed by atoms with van der Waals surface area (Å²) < 4.78 is 1.98. The first kappa shape index (κ1) is 18.0. The molecule has 0 spiro atoms. The summed E-state index contributed by atoms with van der Waals surface area (Å²) in [6, 6.07) is 12.7. The first-order chi connectivity index (χ1) is 13.6. The van der Waals surface area contributed by atoms with E-state index in [0.717, 1.165) is 46.9 Å². The average molecular weight is 368 g/mol. The summed E-state index contributed by atoms with van der Waals surface area (Å²) in [5.74, 6) is 0.816. The number of fused-ring (bicyclic) bond motifs is 1. The van der Waals surface area contributed by atoms with Gasteiger partial charge >= 0.3 is 0 Å². The number of imidazole rings is 1. The van der Waals surface area contributed by atoms with Gasteiger partial charge in [-0.05, 0) is 72.5 Å². The molecule has 1 heterocycles. The number of nitrogens with one attached hydrogen (secondary N) is 1. The molecule has 3 aromatic rings. The largest absolute Gasteiger partial charge is 0.344 e. The fourth-order valence-corrected chi connectivity index (χ4v) is 3.44. The minimum absolute atomic E-state index is 0.816. The average Bonchev–Trinajstić information content (AvgIpc) is 3.24. The number of hydrogen-bond acceptors (Lipinski definition) is 2. The van der Waals surface area contributed by atoms with Crippen molar-refractivity contribution in [3.05, 3.63) is 83.3 Å². The molecule has 0 unspecified atom stereocenters. The lowest BCUT2D eigenvalue weighted by molar-refractivity contribution is 1.05. The summed E-state index contributed by atoms with van der Waals surface area (Å²) in [6.07, 6.45) is 12.3. The van der Waals surface area contributed by atoms with Gasteiger partial charge in [0.05, 0.1) is 12.0 Å². The van der Waals surface area contributed by atoms with Gasteiger partial charge in [0, 0.05) is 23.8 Å². The van der Waals surface area contributed by atoms with Crippen molar-refractivity contribution in [3.8, 4) is 5.69 Å². The van der Waals surface area contributed by atoms with Crippen LogP contribution in [0.15, 0.2) is 66.7 Å². The lowest BCUT2D eigenvalue weighted by Crippen LogP contribution is -2.27. The summed E-state index contributed by atoms with van der Waals surface area (Å²) in [5.41, 5.74) is 5.07. The Bertz CT molecular complexity index is 1170. The van der Waals surface area contributed by atoms with Crippen LogP contribution in [0.1, 0.15) is 30.9 Å². The van der Waals surface area contributed by atoms with Gasteiger partial charge in [0.15, 0.2) is 0 Å². The van der Waals surface area contributed by atoms with Crippen LogP contribution in [0.5, 0.6) is 0 Å². The predicted octanol–water partition coefficient (Wildman–Crippen LogP) is 3.85. The molecule has 1 aromatic heterocycles. The normalized spacial score (nSPS) is 13.3. The first-order valence-electron chi connectivity index (χ1n) is 9.51. The van der Waals surface area contributed by atoms with Crippen molar-refractivity contribution >= 4 is 29.4 Å². The number of hydrogen-bond donors (Lipinski definition) is 1. The Morgan fingerprint density at radius 3 is 2.68 bits per heavy atom.